The van der Waals surface area contributed by atoms with E-state index in [9.17, 15) is 4.79 Å². The van der Waals surface area contributed by atoms with E-state index in [1.165, 1.54) is 0 Å². The molecule has 18 heavy (non-hydrogen) atoms. The van der Waals surface area contributed by atoms with Gasteiger partial charge in [-0.25, -0.2) is 4.98 Å². The normalized spacial score (nSPS) is 11.8. The fraction of sp³-hybridized carbons (Fsp3) is 0.333. The number of aliphatic hydroxyl groups is 1. The number of rotatable bonds is 3. The zero-order valence-electron chi connectivity index (χ0n) is 10.1. The van der Waals surface area contributed by atoms with Gasteiger partial charge in [0.25, 0.3) is 5.91 Å². The molecular weight excluding hydrogens is 254 g/mol. The molecule has 2 aromatic rings. The summed E-state index contributed by atoms with van der Waals surface area (Å²) >= 11 is 5.98. The van der Waals surface area contributed by atoms with Gasteiger partial charge in [-0.3, -0.25) is 9.20 Å². The van der Waals surface area contributed by atoms with Crippen LogP contribution in [0.3, 0.4) is 0 Å². The first kappa shape index (κ1) is 12.9. The molecule has 0 spiro atoms. The van der Waals surface area contributed by atoms with Crippen LogP contribution in [-0.4, -0.2) is 32.5 Å². The lowest BCUT2D eigenvalue weighted by molar-refractivity contribution is 0.0863. The quantitative estimate of drug-likeness (QED) is 0.885. The second kappa shape index (κ2) is 4.59. The molecule has 2 N–H and O–H groups in total. The molecule has 0 unspecified atom stereocenters. The molecule has 0 saturated carbocycles. The molecule has 2 rings (SSSR count). The first-order valence-corrected chi connectivity index (χ1v) is 5.88. The first-order chi connectivity index (χ1) is 8.44. The molecule has 2 heterocycles. The van der Waals surface area contributed by atoms with Crippen LogP contribution in [0.15, 0.2) is 24.4 Å². The van der Waals surface area contributed by atoms with E-state index < -0.39 is 5.54 Å². The van der Waals surface area contributed by atoms with Gasteiger partial charge < -0.3 is 10.4 Å². The van der Waals surface area contributed by atoms with Crippen LogP contribution in [0.4, 0.5) is 0 Å². The van der Waals surface area contributed by atoms with E-state index in [2.05, 4.69) is 10.3 Å². The minimum atomic E-state index is -0.709. The maximum atomic E-state index is 12.1. The van der Waals surface area contributed by atoms with E-state index in [-0.39, 0.29) is 23.4 Å². The van der Waals surface area contributed by atoms with Crippen LogP contribution in [-0.2, 0) is 0 Å². The Morgan fingerprint density at radius 1 is 1.56 bits per heavy atom. The third-order valence-corrected chi connectivity index (χ3v) is 2.81. The number of imidazole rings is 1. The Morgan fingerprint density at radius 3 is 2.94 bits per heavy atom. The molecule has 2 aromatic heterocycles. The number of nitrogens with one attached hydrogen (secondary N) is 1. The van der Waals surface area contributed by atoms with Crippen molar-refractivity contribution in [3.63, 3.8) is 0 Å². The van der Waals surface area contributed by atoms with Crippen LogP contribution in [0.2, 0.25) is 5.15 Å². The standard InChI is InChI=1S/C12H14ClN3O2/c1-12(2,7-17)15-11(18)9-10(13)14-8-5-3-4-6-16(8)9/h3-6,17H,7H2,1-2H3,(H,15,18). The Balaban J connectivity index is 2.42. The van der Waals surface area contributed by atoms with Crippen molar-refractivity contribution < 1.29 is 9.90 Å². The molecule has 0 aliphatic rings. The highest BCUT2D eigenvalue weighted by atomic mass is 35.5. The predicted molar refractivity (Wildman–Crippen MR) is 68.8 cm³/mol. The van der Waals surface area contributed by atoms with Crippen molar-refractivity contribution in [3.05, 3.63) is 35.2 Å². The van der Waals surface area contributed by atoms with E-state index in [1.807, 2.05) is 6.07 Å². The van der Waals surface area contributed by atoms with Crippen molar-refractivity contribution in [1.29, 1.82) is 0 Å². The molecule has 0 aliphatic carbocycles. The third-order valence-electron chi connectivity index (χ3n) is 2.55. The molecule has 0 fully saturated rings. The molecule has 0 atom stereocenters. The zero-order valence-corrected chi connectivity index (χ0v) is 10.9. The summed E-state index contributed by atoms with van der Waals surface area (Å²) in [6.07, 6.45) is 1.72. The highest BCUT2D eigenvalue weighted by Crippen LogP contribution is 2.18. The average molecular weight is 268 g/mol. The van der Waals surface area contributed by atoms with Crippen molar-refractivity contribution in [2.45, 2.75) is 19.4 Å². The van der Waals surface area contributed by atoms with Crippen LogP contribution in [0.1, 0.15) is 24.3 Å². The van der Waals surface area contributed by atoms with Crippen LogP contribution in [0, 0.1) is 0 Å². The number of carbonyl (C=O) groups excluding carboxylic acids is 1. The summed E-state index contributed by atoms with van der Waals surface area (Å²) in [7, 11) is 0. The summed E-state index contributed by atoms with van der Waals surface area (Å²) < 4.78 is 1.62. The lowest BCUT2D eigenvalue weighted by atomic mass is 10.1. The Bertz CT molecular complexity index is 592. The highest BCUT2D eigenvalue weighted by molar-refractivity contribution is 6.32. The molecule has 96 valence electrons. The van der Waals surface area contributed by atoms with Crippen molar-refractivity contribution in [3.8, 4) is 0 Å². The van der Waals surface area contributed by atoms with Crippen molar-refractivity contribution in [2.75, 3.05) is 6.61 Å². The van der Waals surface area contributed by atoms with Gasteiger partial charge in [0.05, 0.1) is 12.1 Å². The summed E-state index contributed by atoms with van der Waals surface area (Å²) in [6, 6.07) is 5.37. The van der Waals surface area contributed by atoms with E-state index >= 15 is 0 Å². The summed E-state index contributed by atoms with van der Waals surface area (Å²) in [5, 5.41) is 12.0. The smallest absolute Gasteiger partial charge is 0.272 e. The topological polar surface area (TPSA) is 66.6 Å². The van der Waals surface area contributed by atoms with Gasteiger partial charge in [-0.05, 0) is 26.0 Å². The van der Waals surface area contributed by atoms with Gasteiger partial charge in [-0.15, -0.1) is 0 Å². The molecule has 0 bridgehead atoms. The van der Waals surface area contributed by atoms with Gasteiger partial charge in [-0.1, -0.05) is 17.7 Å². The highest BCUT2D eigenvalue weighted by Gasteiger charge is 2.24. The lowest BCUT2D eigenvalue weighted by Gasteiger charge is -2.23. The molecule has 0 aliphatic heterocycles. The fourth-order valence-corrected chi connectivity index (χ4v) is 1.84. The number of aliphatic hydroxyl groups excluding tert-OH is 1. The summed E-state index contributed by atoms with van der Waals surface area (Å²) in [4.78, 5) is 16.2. The molecule has 0 radical (unpaired) electrons. The number of pyridine rings is 1. The van der Waals surface area contributed by atoms with Gasteiger partial charge in [0, 0.05) is 6.20 Å². The van der Waals surface area contributed by atoms with Crippen LogP contribution in [0.25, 0.3) is 5.65 Å². The molecule has 0 aromatic carbocycles. The number of carbonyl (C=O) groups is 1. The average Bonchev–Trinajstić information content (AvgIpc) is 2.64. The third kappa shape index (κ3) is 2.32. The van der Waals surface area contributed by atoms with Gasteiger partial charge in [-0.2, -0.15) is 0 Å². The van der Waals surface area contributed by atoms with Gasteiger partial charge in [0.15, 0.2) is 10.8 Å². The van der Waals surface area contributed by atoms with E-state index in [1.54, 1.807) is 36.6 Å². The molecule has 5 nitrogen and oxygen atoms in total. The Morgan fingerprint density at radius 2 is 2.28 bits per heavy atom. The van der Waals surface area contributed by atoms with Crippen molar-refractivity contribution >= 4 is 23.2 Å². The number of fused-ring (bicyclic) bond motifs is 1. The summed E-state index contributed by atoms with van der Waals surface area (Å²) in [5.41, 5.74) is 0.169. The van der Waals surface area contributed by atoms with Crippen LogP contribution >= 0.6 is 11.6 Å². The predicted octanol–water partition coefficient (Wildman–Crippen LogP) is 1.49. The molecule has 6 heteroatoms. The Hall–Kier alpha value is -1.59. The van der Waals surface area contributed by atoms with Gasteiger partial charge in [0.2, 0.25) is 0 Å². The fourth-order valence-electron chi connectivity index (χ4n) is 1.58. The van der Waals surface area contributed by atoms with Crippen LogP contribution < -0.4 is 5.32 Å². The van der Waals surface area contributed by atoms with Crippen molar-refractivity contribution in [2.24, 2.45) is 0 Å². The number of aromatic nitrogens is 2. The first-order valence-electron chi connectivity index (χ1n) is 5.50. The Kier molecular flexibility index (Phi) is 3.28. The lowest BCUT2D eigenvalue weighted by Crippen LogP contribution is -2.46. The van der Waals surface area contributed by atoms with E-state index in [0.29, 0.717) is 5.65 Å². The molecule has 1 amide bonds. The number of amides is 1. The number of hydrogen-bond donors (Lipinski definition) is 2. The zero-order chi connectivity index (χ0) is 13.3. The van der Waals surface area contributed by atoms with E-state index in [4.69, 9.17) is 16.7 Å². The monoisotopic (exact) mass is 267 g/mol. The van der Waals surface area contributed by atoms with E-state index in [0.717, 1.165) is 0 Å². The van der Waals surface area contributed by atoms with Crippen LogP contribution in [0.5, 0.6) is 0 Å². The van der Waals surface area contributed by atoms with Gasteiger partial charge in [0.1, 0.15) is 5.65 Å². The maximum absolute atomic E-state index is 12.1. The SMILES string of the molecule is CC(C)(CO)NC(=O)c1c(Cl)nc2ccccn12. The largest absolute Gasteiger partial charge is 0.394 e. The minimum absolute atomic E-state index is 0.146. The minimum Gasteiger partial charge on any atom is -0.394 e. The number of halogens is 1. The van der Waals surface area contributed by atoms with Crippen molar-refractivity contribution in [1.82, 2.24) is 14.7 Å². The second-order valence-corrected chi connectivity index (χ2v) is 5.03. The number of hydrogen-bond acceptors (Lipinski definition) is 3. The number of nitrogens with zero attached hydrogens (tertiary/aromatic N) is 2. The summed E-state index contributed by atoms with van der Waals surface area (Å²) in [6.45, 7) is 3.29. The molecule has 0 saturated heterocycles. The Labute approximate surface area is 109 Å². The van der Waals surface area contributed by atoms with Gasteiger partial charge >= 0.3 is 0 Å². The summed E-state index contributed by atoms with van der Waals surface area (Å²) in [5.74, 6) is -0.363. The maximum Gasteiger partial charge on any atom is 0.272 e. The second-order valence-electron chi connectivity index (χ2n) is 4.68. The molecular formula is C12H14ClN3O2.